The van der Waals surface area contributed by atoms with Crippen molar-refractivity contribution in [2.45, 2.75) is 45.6 Å². The Balaban J connectivity index is 1.94. The highest BCUT2D eigenvalue weighted by molar-refractivity contribution is 5.85. The van der Waals surface area contributed by atoms with Crippen molar-refractivity contribution in [2.24, 2.45) is 17.1 Å². The fourth-order valence-corrected chi connectivity index (χ4v) is 2.61. The van der Waals surface area contributed by atoms with Crippen LogP contribution in [0.1, 0.15) is 39.5 Å². The van der Waals surface area contributed by atoms with E-state index in [0.29, 0.717) is 11.8 Å². The number of amides is 1. The number of nitrogens with zero attached hydrogens (tertiary/aromatic N) is 1. The first kappa shape index (κ1) is 10.9. The molecule has 0 aromatic heterocycles. The van der Waals surface area contributed by atoms with Crippen molar-refractivity contribution in [1.29, 1.82) is 0 Å². The van der Waals surface area contributed by atoms with Gasteiger partial charge >= 0.3 is 0 Å². The topological polar surface area (TPSA) is 46.3 Å². The second-order valence-electron chi connectivity index (χ2n) is 5.29. The fraction of sp³-hybridized carbons (Fsp3) is 0.917. The zero-order valence-electron chi connectivity index (χ0n) is 9.83. The molecule has 0 spiro atoms. The van der Waals surface area contributed by atoms with E-state index in [2.05, 4.69) is 6.92 Å². The van der Waals surface area contributed by atoms with E-state index >= 15 is 0 Å². The number of hydrogen-bond acceptors (Lipinski definition) is 2. The summed E-state index contributed by atoms with van der Waals surface area (Å²) in [7, 11) is 0. The molecule has 0 aromatic rings. The summed E-state index contributed by atoms with van der Waals surface area (Å²) in [5.74, 6) is 0.912. The summed E-state index contributed by atoms with van der Waals surface area (Å²) in [4.78, 5) is 14.3. The summed E-state index contributed by atoms with van der Waals surface area (Å²) in [6.07, 6.45) is 4.29. The Morgan fingerprint density at radius 2 is 2.27 bits per heavy atom. The van der Waals surface area contributed by atoms with Crippen molar-refractivity contribution in [2.75, 3.05) is 13.1 Å². The van der Waals surface area contributed by atoms with Gasteiger partial charge in [0.1, 0.15) is 0 Å². The lowest BCUT2D eigenvalue weighted by molar-refractivity contribution is -0.136. The van der Waals surface area contributed by atoms with Gasteiger partial charge in [0, 0.05) is 24.5 Å². The minimum absolute atomic E-state index is 0.0345. The minimum Gasteiger partial charge on any atom is -0.342 e. The van der Waals surface area contributed by atoms with Crippen LogP contribution in [0.4, 0.5) is 0 Å². The SMILES string of the molecule is CCC1(C(=O)N2CCC(C(C)N)C2)CC1. The van der Waals surface area contributed by atoms with Crippen LogP contribution in [0.3, 0.4) is 0 Å². The standard InChI is InChI=1S/C12H22N2O/c1-3-12(5-6-12)11(15)14-7-4-10(8-14)9(2)13/h9-10H,3-8,13H2,1-2H3. The van der Waals surface area contributed by atoms with Gasteiger partial charge in [-0.25, -0.2) is 0 Å². The number of hydrogen-bond donors (Lipinski definition) is 1. The summed E-state index contributed by atoms with van der Waals surface area (Å²) < 4.78 is 0. The molecule has 2 fully saturated rings. The van der Waals surface area contributed by atoms with E-state index in [4.69, 9.17) is 5.73 Å². The van der Waals surface area contributed by atoms with Crippen molar-refractivity contribution < 1.29 is 4.79 Å². The van der Waals surface area contributed by atoms with Gasteiger partial charge in [-0.05, 0) is 38.5 Å². The first-order valence-electron chi connectivity index (χ1n) is 6.14. The van der Waals surface area contributed by atoms with Gasteiger partial charge in [0.25, 0.3) is 0 Å². The summed E-state index contributed by atoms with van der Waals surface area (Å²) >= 11 is 0. The quantitative estimate of drug-likeness (QED) is 0.764. The Kier molecular flexibility index (Phi) is 2.75. The van der Waals surface area contributed by atoms with Gasteiger partial charge in [0.05, 0.1) is 0 Å². The molecule has 2 rings (SSSR count). The lowest BCUT2D eigenvalue weighted by Crippen LogP contribution is -2.37. The molecule has 1 amide bonds. The molecule has 1 aliphatic carbocycles. The second-order valence-corrected chi connectivity index (χ2v) is 5.29. The molecule has 2 N–H and O–H groups in total. The first-order chi connectivity index (χ1) is 7.09. The number of nitrogens with two attached hydrogens (primary N) is 1. The van der Waals surface area contributed by atoms with Crippen LogP contribution < -0.4 is 5.73 Å². The monoisotopic (exact) mass is 210 g/mol. The smallest absolute Gasteiger partial charge is 0.228 e. The zero-order valence-corrected chi connectivity index (χ0v) is 9.83. The average molecular weight is 210 g/mol. The summed E-state index contributed by atoms with van der Waals surface area (Å²) in [5, 5.41) is 0. The van der Waals surface area contributed by atoms with Crippen LogP contribution in [0, 0.1) is 11.3 Å². The van der Waals surface area contributed by atoms with E-state index in [1.807, 2.05) is 11.8 Å². The molecule has 15 heavy (non-hydrogen) atoms. The van der Waals surface area contributed by atoms with Crippen molar-refractivity contribution in [3.63, 3.8) is 0 Å². The molecule has 1 saturated carbocycles. The highest BCUT2D eigenvalue weighted by Gasteiger charge is 2.50. The van der Waals surface area contributed by atoms with Gasteiger partial charge < -0.3 is 10.6 Å². The van der Waals surface area contributed by atoms with Gasteiger partial charge in [0.2, 0.25) is 5.91 Å². The summed E-state index contributed by atoms with van der Waals surface area (Å²) in [6, 6.07) is 0.222. The highest BCUT2D eigenvalue weighted by Crippen LogP contribution is 2.50. The number of likely N-dealkylation sites (tertiary alicyclic amines) is 1. The third-order valence-electron chi connectivity index (χ3n) is 4.24. The van der Waals surface area contributed by atoms with Crippen LogP contribution in [-0.4, -0.2) is 29.9 Å². The van der Waals surface area contributed by atoms with Crippen LogP contribution in [0.5, 0.6) is 0 Å². The molecule has 1 aliphatic heterocycles. The molecular weight excluding hydrogens is 188 g/mol. The fourth-order valence-electron chi connectivity index (χ4n) is 2.61. The third kappa shape index (κ3) is 1.89. The predicted octanol–water partition coefficient (Wildman–Crippen LogP) is 1.37. The maximum Gasteiger partial charge on any atom is 0.228 e. The van der Waals surface area contributed by atoms with E-state index in [9.17, 15) is 4.79 Å². The van der Waals surface area contributed by atoms with E-state index in [-0.39, 0.29) is 11.5 Å². The zero-order chi connectivity index (χ0) is 11.1. The van der Waals surface area contributed by atoms with Crippen LogP contribution in [0.15, 0.2) is 0 Å². The van der Waals surface area contributed by atoms with E-state index in [0.717, 1.165) is 38.8 Å². The molecule has 3 heteroatoms. The third-order valence-corrected chi connectivity index (χ3v) is 4.24. The van der Waals surface area contributed by atoms with E-state index in [1.165, 1.54) is 0 Å². The van der Waals surface area contributed by atoms with Crippen molar-refractivity contribution >= 4 is 5.91 Å². The molecule has 2 aliphatic rings. The maximum atomic E-state index is 12.2. The molecule has 3 nitrogen and oxygen atoms in total. The van der Waals surface area contributed by atoms with Gasteiger partial charge in [-0.2, -0.15) is 0 Å². The summed E-state index contributed by atoms with van der Waals surface area (Å²) in [5.41, 5.74) is 5.91. The second kappa shape index (κ2) is 3.78. The van der Waals surface area contributed by atoms with Crippen molar-refractivity contribution in [3.05, 3.63) is 0 Å². The van der Waals surface area contributed by atoms with E-state index < -0.39 is 0 Å². The lowest BCUT2D eigenvalue weighted by Gasteiger charge is -2.23. The Labute approximate surface area is 92.0 Å². The van der Waals surface area contributed by atoms with E-state index in [1.54, 1.807) is 0 Å². The molecule has 1 heterocycles. The largest absolute Gasteiger partial charge is 0.342 e. The van der Waals surface area contributed by atoms with Gasteiger partial charge in [0.15, 0.2) is 0 Å². The first-order valence-corrected chi connectivity index (χ1v) is 6.14. The van der Waals surface area contributed by atoms with Crippen molar-refractivity contribution in [3.8, 4) is 0 Å². The van der Waals surface area contributed by atoms with Crippen molar-refractivity contribution in [1.82, 2.24) is 4.90 Å². The number of carbonyl (C=O) groups excluding carboxylic acids is 1. The summed E-state index contributed by atoms with van der Waals surface area (Å²) in [6.45, 7) is 5.99. The van der Waals surface area contributed by atoms with Crippen LogP contribution in [0.2, 0.25) is 0 Å². The van der Waals surface area contributed by atoms with Gasteiger partial charge in [-0.15, -0.1) is 0 Å². The molecule has 1 saturated heterocycles. The Bertz CT molecular complexity index is 258. The Hall–Kier alpha value is -0.570. The molecule has 86 valence electrons. The van der Waals surface area contributed by atoms with Crippen LogP contribution >= 0.6 is 0 Å². The Morgan fingerprint density at radius 1 is 1.60 bits per heavy atom. The molecular formula is C12H22N2O. The number of carbonyl (C=O) groups is 1. The molecule has 0 bridgehead atoms. The van der Waals surface area contributed by atoms with Gasteiger partial charge in [-0.3, -0.25) is 4.79 Å². The van der Waals surface area contributed by atoms with Crippen LogP contribution in [0.25, 0.3) is 0 Å². The van der Waals surface area contributed by atoms with Gasteiger partial charge in [-0.1, -0.05) is 6.92 Å². The molecule has 2 atom stereocenters. The molecule has 2 unspecified atom stereocenters. The molecule has 0 radical (unpaired) electrons. The number of rotatable bonds is 3. The average Bonchev–Trinajstić information content (AvgIpc) is 2.86. The predicted molar refractivity (Wildman–Crippen MR) is 60.3 cm³/mol. The Morgan fingerprint density at radius 3 is 2.67 bits per heavy atom. The molecule has 0 aromatic carbocycles. The lowest BCUT2D eigenvalue weighted by atomic mass is 10.0. The maximum absolute atomic E-state index is 12.2. The minimum atomic E-state index is 0.0345. The highest BCUT2D eigenvalue weighted by atomic mass is 16.2. The van der Waals surface area contributed by atoms with Crippen LogP contribution in [-0.2, 0) is 4.79 Å². The normalized spacial score (nSPS) is 30.3.